The zero-order chi connectivity index (χ0) is 33.4. The summed E-state index contributed by atoms with van der Waals surface area (Å²) in [5.41, 5.74) is 7.65. The Bertz CT molecular complexity index is 2350. The molecular formula is C44H29F3N2. The van der Waals surface area contributed by atoms with Gasteiger partial charge in [0, 0.05) is 17.6 Å². The van der Waals surface area contributed by atoms with Gasteiger partial charge in [0.15, 0.2) is 0 Å². The number of nitrogens with zero attached hydrogens (tertiary/aromatic N) is 2. The van der Waals surface area contributed by atoms with Gasteiger partial charge < -0.3 is 0 Å². The minimum Gasteiger partial charge on any atom is -0.295 e. The van der Waals surface area contributed by atoms with Crippen molar-refractivity contribution in [1.82, 2.24) is 4.98 Å². The van der Waals surface area contributed by atoms with E-state index in [9.17, 15) is 13.2 Å². The molecule has 8 aromatic rings. The molecule has 0 atom stereocenters. The Morgan fingerprint density at radius 3 is 1.45 bits per heavy atom. The van der Waals surface area contributed by atoms with E-state index < -0.39 is 11.7 Å². The molecule has 1 aromatic heterocycles. The number of aromatic nitrogens is 1. The first-order valence-electron chi connectivity index (χ1n) is 16.0. The highest BCUT2D eigenvalue weighted by Gasteiger charge is 2.31. The van der Waals surface area contributed by atoms with Gasteiger partial charge in [-0.05, 0) is 91.3 Å². The molecule has 236 valence electrons. The van der Waals surface area contributed by atoms with Gasteiger partial charge in [0.05, 0.1) is 5.56 Å². The molecule has 0 saturated heterocycles. The minimum absolute atomic E-state index is 0.393. The molecule has 8 rings (SSSR count). The van der Waals surface area contributed by atoms with Crippen LogP contribution in [0, 0.1) is 0 Å². The number of hydrogen-bond donors (Lipinski definition) is 0. The van der Waals surface area contributed by atoms with Crippen LogP contribution in [-0.2, 0) is 6.18 Å². The number of fused-ring (bicyclic) bond motifs is 2. The van der Waals surface area contributed by atoms with Gasteiger partial charge in [0.25, 0.3) is 0 Å². The fraction of sp³-hybridized carbons (Fsp3) is 0.0227. The van der Waals surface area contributed by atoms with Crippen molar-refractivity contribution in [2.75, 3.05) is 4.90 Å². The minimum atomic E-state index is -4.46. The Labute approximate surface area is 282 Å². The molecule has 0 amide bonds. The van der Waals surface area contributed by atoms with Crippen LogP contribution in [-0.4, -0.2) is 4.98 Å². The molecule has 0 unspecified atom stereocenters. The fourth-order valence-corrected chi connectivity index (χ4v) is 6.75. The van der Waals surface area contributed by atoms with E-state index in [0.29, 0.717) is 5.82 Å². The molecule has 0 saturated carbocycles. The number of hydrogen-bond acceptors (Lipinski definition) is 2. The monoisotopic (exact) mass is 642 g/mol. The van der Waals surface area contributed by atoms with Crippen LogP contribution in [0.3, 0.4) is 0 Å². The van der Waals surface area contributed by atoms with Crippen molar-refractivity contribution >= 4 is 38.7 Å². The number of pyridine rings is 1. The maximum Gasteiger partial charge on any atom is 0.417 e. The van der Waals surface area contributed by atoms with Gasteiger partial charge in [-0.15, -0.1) is 0 Å². The van der Waals surface area contributed by atoms with Crippen LogP contribution in [0.1, 0.15) is 5.56 Å². The van der Waals surface area contributed by atoms with Crippen molar-refractivity contribution in [2.45, 2.75) is 6.18 Å². The van der Waals surface area contributed by atoms with Crippen molar-refractivity contribution in [3.05, 3.63) is 182 Å². The molecule has 0 aliphatic heterocycles. The summed E-state index contributed by atoms with van der Waals surface area (Å²) in [6, 6.07) is 56.4. The molecule has 5 heteroatoms. The largest absolute Gasteiger partial charge is 0.417 e. The van der Waals surface area contributed by atoms with E-state index in [2.05, 4.69) is 114 Å². The van der Waals surface area contributed by atoms with Crippen LogP contribution in [0.25, 0.3) is 54.9 Å². The predicted octanol–water partition coefficient (Wildman–Crippen LogP) is 12.9. The molecule has 0 aliphatic carbocycles. The molecule has 0 radical (unpaired) electrons. The number of halogens is 3. The first-order chi connectivity index (χ1) is 24.0. The quantitative estimate of drug-likeness (QED) is 0.168. The highest BCUT2D eigenvalue weighted by Crippen LogP contribution is 2.46. The molecule has 49 heavy (non-hydrogen) atoms. The zero-order valence-corrected chi connectivity index (χ0v) is 26.3. The summed E-state index contributed by atoms with van der Waals surface area (Å²) in [4.78, 5) is 6.10. The van der Waals surface area contributed by atoms with Crippen LogP contribution in [0.4, 0.5) is 30.4 Å². The average molecular weight is 643 g/mol. The van der Waals surface area contributed by atoms with Gasteiger partial charge in [0.1, 0.15) is 5.82 Å². The van der Waals surface area contributed by atoms with Gasteiger partial charge in [-0.2, -0.15) is 13.2 Å². The molecule has 0 bridgehead atoms. The summed E-state index contributed by atoms with van der Waals surface area (Å²) in [5, 5.41) is 4.58. The second-order valence-electron chi connectivity index (χ2n) is 11.9. The molecule has 2 nitrogen and oxygen atoms in total. The molecule has 7 aromatic carbocycles. The fourth-order valence-electron chi connectivity index (χ4n) is 6.75. The van der Waals surface area contributed by atoms with Crippen molar-refractivity contribution < 1.29 is 13.2 Å². The second-order valence-corrected chi connectivity index (χ2v) is 11.9. The lowest BCUT2D eigenvalue weighted by molar-refractivity contribution is -0.137. The Morgan fingerprint density at radius 1 is 0.408 bits per heavy atom. The van der Waals surface area contributed by atoms with Gasteiger partial charge in [-0.25, -0.2) is 4.98 Å². The standard InChI is InChI=1S/C44H29F3N2/c45-44(46,47)32-25-28-41(48-29-32)49(33-15-5-2-6-16-33)34-26-23-31(24-27-34)42-37-19-9-11-21-39(37)43(40-22-12-10-20-38(40)42)36-18-8-7-17-35(36)30-13-3-1-4-14-30/h1-29H. The van der Waals surface area contributed by atoms with Gasteiger partial charge in [0.2, 0.25) is 0 Å². The number of alkyl halides is 3. The van der Waals surface area contributed by atoms with E-state index in [1.165, 1.54) is 22.8 Å². The number of anilines is 3. The predicted molar refractivity (Wildman–Crippen MR) is 195 cm³/mol. The molecule has 0 N–H and O–H groups in total. The summed E-state index contributed by atoms with van der Waals surface area (Å²) in [5.74, 6) is 0.393. The molecule has 1 heterocycles. The Balaban J connectivity index is 1.30. The van der Waals surface area contributed by atoms with Crippen LogP contribution in [0.15, 0.2) is 176 Å². The van der Waals surface area contributed by atoms with Crippen LogP contribution < -0.4 is 4.90 Å². The van der Waals surface area contributed by atoms with Gasteiger partial charge >= 0.3 is 6.18 Å². The zero-order valence-electron chi connectivity index (χ0n) is 26.3. The third-order valence-corrected chi connectivity index (χ3v) is 8.95. The van der Waals surface area contributed by atoms with Crippen LogP contribution >= 0.6 is 0 Å². The Hall–Kier alpha value is -6.20. The van der Waals surface area contributed by atoms with Crippen molar-refractivity contribution in [1.29, 1.82) is 0 Å². The second kappa shape index (κ2) is 12.4. The van der Waals surface area contributed by atoms with Crippen molar-refractivity contribution in [3.63, 3.8) is 0 Å². The average Bonchev–Trinajstić information content (AvgIpc) is 3.15. The third-order valence-electron chi connectivity index (χ3n) is 8.95. The van der Waals surface area contributed by atoms with Crippen molar-refractivity contribution in [2.24, 2.45) is 0 Å². The van der Waals surface area contributed by atoms with Gasteiger partial charge in [-0.1, -0.05) is 133 Å². The van der Waals surface area contributed by atoms with E-state index in [1.54, 1.807) is 0 Å². The van der Waals surface area contributed by atoms with E-state index in [-0.39, 0.29) is 0 Å². The molecule has 0 fully saturated rings. The molecule has 0 spiro atoms. The Kier molecular flexibility index (Phi) is 7.65. The van der Waals surface area contributed by atoms with E-state index in [4.69, 9.17) is 0 Å². The lowest BCUT2D eigenvalue weighted by Gasteiger charge is -2.25. The summed E-state index contributed by atoms with van der Waals surface area (Å²) < 4.78 is 40.1. The smallest absolute Gasteiger partial charge is 0.295 e. The van der Waals surface area contributed by atoms with Gasteiger partial charge in [-0.3, -0.25) is 4.90 Å². The maximum atomic E-state index is 13.4. The van der Waals surface area contributed by atoms with Crippen LogP contribution in [0.2, 0.25) is 0 Å². The van der Waals surface area contributed by atoms with Crippen LogP contribution in [0.5, 0.6) is 0 Å². The summed E-state index contributed by atoms with van der Waals surface area (Å²) in [6.45, 7) is 0. The number of para-hydroxylation sites is 1. The SMILES string of the molecule is FC(F)(F)c1ccc(N(c2ccccc2)c2ccc(-c3c4ccccc4c(-c4ccccc4-c4ccccc4)c4ccccc34)cc2)nc1. The lowest BCUT2D eigenvalue weighted by atomic mass is 9.84. The normalized spacial score (nSPS) is 11.6. The summed E-state index contributed by atoms with van der Waals surface area (Å²) >= 11 is 0. The first kappa shape index (κ1) is 30.2. The molecular weight excluding hydrogens is 613 g/mol. The van der Waals surface area contributed by atoms with E-state index in [1.807, 2.05) is 53.4 Å². The first-order valence-corrected chi connectivity index (χ1v) is 16.0. The van der Waals surface area contributed by atoms with E-state index in [0.717, 1.165) is 61.9 Å². The third kappa shape index (κ3) is 5.59. The maximum absolute atomic E-state index is 13.4. The van der Waals surface area contributed by atoms with E-state index >= 15 is 0 Å². The Morgan fingerprint density at radius 2 is 0.898 bits per heavy atom. The summed E-state index contributed by atoms with van der Waals surface area (Å²) in [6.07, 6.45) is -3.58. The number of rotatable bonds is 6. The summed E-state index contributed by atoms with van der Waals surface area (Å²) in [7, 11) is 0. The van der Waals surface area contributed by atoms with Crippen molar-refractivity contribution in [3.8, 4) is 33.4 Å². The molecule has 0 aliphatic rings. The lowest BCUT2D eigenvalue weighted by Crippen LogP contribution is -2.13. The highest BCUT2D eigenvalue weighted by atomic mass is 19.4. The topological polar surface area (TPSA) is 16.1 Å². The highest BCUT2D eigenvalue weighted by molar-refractivity contribution is 6.22. The number of benzene rings is 7.